The number of hydrogen-bond acceptors (Lipinski definition) is 4. The average molecular weight is 277 g/mol. The number of hydrogen-bond donors (Lipinski definition) is 1. The zero-order valence-corrected chi connectivity index (χ0v) is 11.3. The molecule has 0 aromatic heterocycles. The first-order valence-electron chi connectivity index (χ1n) is 6.08. The number of ether oxygens (including phenoxy) is 1. The fourth-order valence-corrected chi connectivity index (χ4v) is 2.63. The van der Waals surface area contributed by atoms with Crippen molar-refractivity contribution in [3.8, 4) is 5.75 Å². The monoisotopic (exact) mass is 277 g/mol. The predicted molar refractivity (Wildman–Crippen MR) is 69.3 cm³/mol. The van der Waals surface area contributed by atoms with Gasteiger partial charge in [-0.05, 0) is 6.07 Å². The van der Waals surface area contributed by atoms with Crippen molar-refractivity contribution in [3.63, 3.8) is 0 Å². The SMILES string of the molecule is COc1ccccc1[C@@]1(CC(=O)O)CC(=O)N(C)C1=O. The highest BCUT2D eigenvalue weighted by molar-refractivity contribution is 6.10. The summed E-state index contributed by atoms with van der Waals surface area (Å²) in [6, 6.07) is 6.69. The number of carbonyl (C=O) groups is 3. The van der Waals surface area contributed by atoms with E-state index >= 15 is 0 Å². The molecule has 0 radical (unpaired) electrons. The molecule has 2 rings (SSSR count). The summed E-state index contributed by atoms with van der Waals surface area (Å²) >= 11 is 0. The smallest absolute Gasteiger partial charge is 0.304 e. The van der Waals surface area contributed by atoms with Crippen LogP contribution in [0, 0.1) is 0 Å². The number of methoxy groups -OCH3 is 1. The first-order valence-corrected chi connectivity index (χ1v) is 6.08. The van der Waals surface area contributed by atoms with E-state index in [2.05, 4.69) is 0 Å². The largest absolute Gasteiger partial charge is 0.496 e. The predicted octanol–water partition coefficient (Wildman–Crippen LogP) is 0.796. The van der Waals surface area contributed by atoms with Crippen LogP contribution in [0.1, 0.15) is 18.4 Å². The molecule has 1 aliphatic rings. The molecule has 0 saturated carbocycles. The van der Waals surface area contributed by atoms with E-state index in [1.807, 2.05) is 0 Å². The molecule has 0 aliphatic carbocycles. The molecular weight excluding hydrogens is 262 g/mol. The quantitative estimate of drug-likeness (QED) is 0.823. The fourth-order valence-electron chi connectivity index (χ4n) is 2.63. The van der Waals surface area contributed by atoms with Gasteiger partial charge in [-0.15, -0.1) is 0 Å². The van der Waals surface area contributed by atoms with Gasteiger partial charge in [-0.2, -0.15) is 0 Å². The molecule has 6 heteroatoms. The van der Waals surface area contributed by atoms with Crippen molar-refractivity contribution < 1.29 is 24.2 Å². The first kappa shape index (κ1) is 14.0. The minimum atomic E-state index is -1.38. The van der Waals surface area contributed by atoms with E-state index in [4.69, 9.17) is 9.84 Å². The maximum absolute atomic E-state index is 12.4. The van der Waals surface area contributed by atoms with Crippen LogP contribution in [0.15, 0.2) is 24.3 Å². The number of rotatable bonds is 4. The van der Waals surface area contributed by atoms with Crippen LogP contribution in [0.25, 0.3) is 0 Å². The van der Waals surface area contributed by atoms with E-state index in [0.717, 1.165) is 4.90 Å². The lowest BCUT2D eigenvalue weighted by Gasteiger charge is -2.26. The molecule has 1 aliphatic heterocycles. The van der Waals surface area contributed by atoms with Crippen molar-refractivity contribution in [1.29, 1.82) is 0 Å². The maximum Gasteiger partial charge on any atom is 0.304 e. The summed E-state index contributed by atoms with van der Waals surface area (Å²) in [4.78, 5) is 36.4. The number of aliphatic carboxylic acids is 1. The van der Waals surface area contributed by atoms with Gasteiger partial charge < -0.3 is 9.84 Å². The van der Waals surface area contributed by atoms with E-state index in [9.17, 15) is 14.4 Å². The molecule has 1 fully saturated rings. The Labute approximate surface area is 115 Å². The number of likely N-dealkylation sites (N-methyl/N-ethyl adjacent to an activating group) is 1. The van der Waals surface area contributed by atoms with Crippen molar-refractivity contribution in [2.45, 2.75) is 18.3 Å². The lowest BCUT2D eigenvalue weighted by atomic mass is 9.75. The van der Waals surface area contributed by atoms with Gasteiger partial charge in [0.15, 0.2) is 0 Å². The Balaban J connectivity index is 2.62. The summed E-state index contributed by atoms with van der Waals surface area (Å²) in [5.74, 6) is -1.62. The fraction of sp³-hybridized carbons (Fsp3) is 0.357. The zero-order valence-electron chi connectivity index (χ0n) is 11.3. The van der Waals surface area contributed by atoms with Crippen LogP contribution in [0.4, 0.5) is 0 Å². The van der Waals surface area contributed by atoms with E-state index in [1.54, 1.807) is 24.3 Å². The van der Waals surface area contributed by atoms with E-state index in [-0.39, 0.29) is 12.3 Å². The number of imide groups is 1. The van der Waals surface area contributed by atoms with Crippen LogP contribution in [0.5, 0.6) is 5.75 Å². The summed E-state index contributed by atoms with van der Waals surface area (Å²) in [7, 11) is 2.81. The Bertz CT molecular complexity index is 579. The molecule has 106 valence electrons. The third kappa shape index (κ3) is 2.03. The first-order chi connectivity index (χ1) is 9.42. The minimum Gasteiger partial charge on any atom is -0.496 e. The Hall–Kier alpha value is -2.37. The molecule has 0 spiro atoms. The molecule has 1 aromatic carbocycles. The highest BCUT2D eigenvalue weighted by atomic mass is 16.5. The number of benzene rings is 1. The van der Waals surface area contributed by atoms with Crippen LogP contribution in [0.3, 0.4) is 0 Å². The zero-order chi connectivity index (χ0) is 14.9. The molecule has 1 heterocycles. The van der Waals surface area contributed by atoms with E-state index in [1.165, 1.54) is 14.2 Å². The second-order valence-corrected chi connectivity index (χ2v) is 4.79. The number of likely N-dealkylation sites (tertiary alicyclic amines) is 1. The number of amides is 2. The summed E-state index contributed by atoms with van der Waals surface area (Å²) < 4.78 is 5.21. The summed E-state index contributed by atoms with van der Waals surface area (Å²) in [6.45, 7) is 0. The molecule has 6 nitrogen and oxygen atoms in total. The van der Waals surface area contributed by atoms with Crippen molar-refractivity contribution in [1.82, 2.24) is 4.90 Å². The summed E-state index contributed by atoms with van der Waals surface area (Å²) in [6.07, 6.45) is -0.600. The molecule has 20 heavy (non-hydrogen) atoms. The molecule has 1 atom stereocenters. The Morgan fingerprint density at radius 3 is 2.55 bits per heavy atom. The third-order valence-electron chi connectivity index (χ3n) is 3.62. The lowest BCUT2D eigenvalue weighted by molar-refractivity contribution is -0.144. The Morgan fingerprint density at radius 2 is 2.05 bits per heavy atom. The highest BCUT2D eigenvalue weighted by Gasteiger charge is 2.53. The molecule has 2 amide bonds. The van der Waals surface area contributed by atoms with Crippen LogP contribution < -0.4 is 4.74 Å². The van der Waals surface area contributed by atoms with E-state index in [0.29, 0.717) is 11.3 Å². The van der Waals surface area contributed by atoms with Crippen LogP contribution in [-0.2, 0) is 19.8 Å². The number of para-hydroxylation sites is 1. The van der Waals surface area contributed by atoms with Gasteiger partial charge in [-0.3, -0.25) is 19.3 Å². The molecule has 1 N–H and O–H groups in total. The van der Waals surface area contributed by atoms with Crippen molar-refractivity contribution in [2.24, 2.45) is 0 Å². The van der Waals surface area contributed by atoms with Gasteiger partial charge in [-0.1, -0.05) is 18.2 Å². The number of carbonyl (C=O) groups excluding carboxylic acids is 2. The molecule has 1 saturated heterocycles. The van der Waals surface area contributed by atoms with Crippen molar-refractivity contribution in [2.75, 3.05) is 14.2 Å². The van der Waals surface area contributed by atoms with E-state index < -0.39 is 23.7 Å². The second-order valence-electron chi connectivity index (χ2n) is 4.79. The highest BCUT2D eigenvalue weighted by Crippen LogP contribution is 2.43. The van der Waals surface area contributed by atoms with Crippen LogP contribution in [0.2, 0.25) is 0 Å². The third-order valence-corrected chi connectivity index (χ3v) is 3.62. The standard InChI is InChI=1S/C14H15NO5/c1-15-11(16)7-14(13(15)19,8-12(17)18)9-5-3-4-6-10(9)20-2/h3-6H,7-8H2,1-2H3,(H,17,18)/t14-/m0/s1. The van der Waals surface area contributed by atoms with Gasteiger partial charge in [-0.25, -0.2) is 0 Å². The van der Waals surface area contributed by atoms with Crippen molar-refractivity contribution >= 4 is 17.8 Å². The summed E-state index contributed by atoms with van der Waals surface area (Å²) in [5, 5.41) is 9.13. The van der Waals surface area contributed by atoms with Gasteiger partial charge >= 0.3 is 5.97 Å². The van der Waals surface area contributed by atoms with Gasteiger partial charge in [0.25, 0.3) is 0 Å². The normalized spacial score (nSPS) is 22.2. The van der Waals surface area contributed by atoms with Crippen LogP contribution in [-0.4, -0.2) is 41.9 Å². The number of carboxylic acid groups (broad SMARTS) is 1. The molecular formula is C14H15NO5. The maximum atomic E-state index is 12.4. The summed E-state index contributed by atoms with van der Waals surface area (Å²) in [5.41, 5.74) is -0.947. The topological polar surface area (TPSA) is 83.9 Å². The Kier molecular flexibility index (Phi) is 3.48. The average Bonchev–Trinajstić information content (AvgIpc) is 2.63. The van der Waals surface area contributed by atoms with Gasteiger partial charge in [0, 0.05) is 19.0 Å². The van der Waals surface area contributed by atoms with Gasteiger partial charge in [0.1, 0.15) is 5.75 Å². The molecule has 0 unspecified atom stereocenters. The minimum absolute atomic E-state index is 0.158. The lowest BCUT2D eigenvalue weighted by Crippen LogP contribution is -2.38. The molecule has 0 bridgehead atoms. The van der Waals surface area contributed by atoms with Gasteiger partial charge in [0.05, 0.1) is 18.9 Å². The number of nitrogens with zero attached hydrogens (tertiary/aromatic N) is 1. The molecule has 1 aromatic rings. The Morgan fingerprint density at radius 1 is 1.40 bits per heavy atom. The van der Waals surface area contributed by atoms with Crippen molar-refractivity contribution in [3.05, 3.63) is 29.8 Å². The van der Waals surface area contributed by atoms with Gasteiger partial charge in [0.2, 0.25) is 11.8 Å². The second kappa shape index (κ2) is 4.96. The van der Waals surface area contributed by atoms with Crippen LogP contribution >= 0.6 is 0 Å². The number of carboxylic acids is 1.